The predicted molar refractivity (Wildman–Crippen MR) is 168 cm³/mol. The van der Waals surface area contributed by atoms with Crippen molar-refractivity contribution < 1.29 is 37.3 Å². The summed E-state index contributed by atoms with van der Waals surface area (Å²) in [5.41, 5.74) is -0.215. The Morgan fingerprint density at radius 1 is 0.732 bits per heavy atom. The summed E-state index contributed by atoms with van der Waals surface area (Å²) in [6.45, 7) is 22.5. The molecule has 0 bridgehead atoms. The fourth-order valence-corrected chi connectivity index (χ4v) is 7.49. The third-order valence-electron chi connectivity index (χ3n) is 7.54. The van der Waals surface area contributed by atoms with Crippen molar-refractivity contribution >= 4 is 8.56 Å². The molecule has 0 amide bonds. The lowest BCUT2D eigenvalue weighted by Gasteiger charge is -2.37. The van der Waals surface area contributed by atoms with Gasteiger partial charge < -0.3 is 37.3 Å². The molecule has 246 valence electrons. The topological polar surface area (TPSA) is 80.4 Å². The van der Waals surface area contributed by atoms with Crippen LogP contribution in [0.3, 0.4) is 0 Å². The van der Waals surface area contributed by atoms with Gasteiger partial charge in [0.1, 0.15) is 12.2 Å². The summed E-state index contributed by atoms with van der Waals surface area (Å²) in [4.78, 5) is 0. The molecule has 0 spiro atoms. The van der Waals surface area contributed by atoms with Crippen molar-refractivity contribution in [3.8, 4) is 0 Å². The first-order valence-electron chi connectivity index (χ1n) is 16.8. The van der Waals surface area contributed by atoms with Crippen molar-refractivity contribution in [2.75, 3.05) is 66.1 Å². The van der Waals surface area contributed by atoms with Crippen molar-refractivity contribution in [3.63, 3.8) is 0 Å². The van der Waals surface area contributed by atoms with Crippen LogP contribution in [0.2, 0.25) is 12.6 Å². The van der Waals surface area contributed by atoms with Crippen molar-refractivity contribution in [2.45, 2.75) is 142 Å². The van der Waals surface area contributed by atoms with E-state index in [2.05, 4.69) is 34.2 Å². The van der Waals surface area contributed by atoms with E-state index in [1.54, 1.807) is 0 Å². The Kier molecular flexibility index (Phi) is 23.0. The Morgan fingerprint density at radius 2 is 1.29 bits per heavy atom. The standard InChI is InChI=1S/C21H42O4.C11H24O4Si/c1-5-8-9-10-11-12-14-20(23-6-2)21(4,25-7-3)15-13-16-22-17-19-18-24-19;1-4-14-16(3,15-5-2)8-6-7-12-9-11-10-13-11/h19-20H,5-18H2,1-4H3;11H,4-10H2,1-3H3. The van der Waals surface area contributed by atoms with Gasteiger partial charge in [0.2, 0.25) is 0 Å². The summed E-state index contributed by atoms with van der Waals surface area (Å²) in [6, 6.07) is 1.00. The summed E-state index contributed by atoms with van der Waals surface area (Å²) in [6.07, 6.45) is 12.9. The van der Waals surface area contributed by atoms with Crippen molar-refractivity contribution in [1.82, 2.24) is 0 Å². The van der Waals surface area contributed by atoms with Crippen molar-refractivity contribution in [1.29, 1.82) is 0 Å². The minimum atomic E-state index is -1.92. The predicted octanol–water partition coefficient (Wildman–Crippen LogP) is 7.07. The minimum absolute atomic E-state index is 0.176. The van der Waals surface area contributed by atoms with Crippen LogP contribution >= 0.6 is 0 Å². The molecule has 8 nitrogen and oxygen atoms in total. The van der Waals surface area contributed by atoms with Crippen molar-refractivity contribution in [2.24, 2.45) is 0 Å². The highest BCUT2D eigenvalue weighted by Crippen LogP contribution is 2.29. The molecule has 2 aliphatic heterocycles. The van der Waals surface area contributed by atoms with E-state index in [0.717, 1.165) is 97.8 Å². The van der Waals surface area contributed by atoms with Gasteiger partial charge in [-0.1, -0.05) is 45.4 Å². The monoisotopic (exact) mass is 606 g/mol. The fourth-order valence-electron chi connectivity index (χ4n) is 5.11. The Balaban J connectivity index is 0.000000452. The van der Waals surface area contributed by atoms with Gasteiger partial charge >= 0.3 is 8.56 Å². The van der Waals surface area contributed by atoms with E-state index in [1.807, 2.05) is 13.8 Å². The molecule has 0 aliphatic carbocycles. The van der Waals surface area contributed by atoms with Gasteiger partial charge in [-0.15, -0.1) is 0 Å². The van der Waals surface area contributed by atoms with Gasteiger partial charge in [-0.25, -0.2) is 0 Å². The third-order valence-corrected chi connectivity index (χ3v) is 10.6. The first kappa shape index (κ1) is 38.9. The molecule has 4 unspecified atom stereocenters. The molecule has 0 saturated carbocycles. The number of hydrogen-bond donors (Lipinski definition) is 0. The molecule has 2 rings (SSSR count). The van der Waals surface area contributed by atoms with Crippen LogP contribution in [-0.2, 0) is 37.3 Å². The van der Waals surface area contributed by atoms with Crippen LogP contribution < -0.4 is 0 Å². The summed E-state index contributed by atoms with van der Waals surface area (Å²) < 4.78 is 45.2. The molecule has 0 aromatic heterocycles. The highest BCUT2D eigenvalue weighted by molar-refractivity contribution is 6.66. The maximum atomic E-state index is 6.17. The lowest BCUT2D eigenvalue weighted by Crippen LogP contribution is -2.44. The minimum Gasteiger partial charge on any atom is -0.395 e. The number of ether oxygens (including phenoxy) is 6. The fraction of sp³-hybridized carbons (Fsp3) is 1.00. The summed E-state index contributed by atoms with van der Waals surface area (Å²) in [5, 5.41) is 0. The van der Waals surface area contributed by atoms with Gasteiger partial charge in [-0.05, 0) is 72.9 Å². The molecular formula is C32H66O8Si. The van der Waals surface area contributed by atoms with Crippen LogP contribution in [0.1, 0.15) is 106 Å². The summed E-state index contributed by atoms with van der Waals surface area (Å²) in [7, 11) is -1.92. The van der Waals surface area contributed by atoms with Gasteiger partial charge in [0.15, 0.2) is 0 Å². The second-order valence-electron chi connectivity index (χ2n) is 11.5. The summed E-state index contributed by atoms with van der Waals surface area (Å²) in [5.74, 6) is 0. The van der Waals surface area contributed by atoms with Gasteiger partial charge in [0.05, 0.1) is 38.1 Å². The van der Waals surface area contributed by atoms with E-state index < -0.39 is 8.56 Å². The molecule has 41 heavy (non-hydrogen) atoms. The highest BCUT2D eigenvalue weighted by Gasteiger charge is 2.35. The molecule has 0 aromatic carbocycles. The normalized spacial score (nSPS) is 20.3. The zero-order valence-electron chi connectivity index (χ0n) is 27.8. The maximum absolute atomic E-state index is 6.17. The molecule has 0 radical (unpaired) electrons. The first-order valence-corrected chi connectivity index (χ1v) is 19.3. The second-order valence-corrected chi connectivity index (χ2v) is 14.9. The van der Waals surface area contributed by atoms with E-state index in [1.165, 1.54) is 38.5 Å². The first-order chi connectivity index (χ1) is 19.9. The Bertz CT molecular complexity index is 584. The quantitative estimate of drug-likeness (QED) is 0.0532. The zero-order chi connectivity index (χ0) is 30.2. The lowest BCUT2D eigenvalue weighted by atomic mass is 9.89. The number of unbranched alkanes of at least 4 members (excludes halogenated alkanes) is 5. The molecular weight excluding hydrogens is 540 g/mol. The Labute approximate surface area is 254 Å². The molecule has 2 aliphatic rings. The van der Waals surface area contributed by atoms with E-state index in [-0.39, 0.29) is 11.7 Å². The van der Waals surface area contributed by atoms with Crippen LogP contribution in [0.15, 0.2) is 0 Å². The average Bonchev–Trinajstić information content (AvgIpc) is 3.87. The van der Waals surface area contributed by atoms with Crippen molar-refractivity contribution in [3.05, 3.63) is 0 Å². The van der Waals surface area contributed by atoms with Crippen LogP contribution in [0, 0.1) is 0 Å². The largest absolute Gasteiger partial charge is 0.395 e. The van der Waals surface area contributed by atoms with Gasteiger partial charge in [-0.2, -0.15) is 0 Å². The van der Waals surface area contributed by atoms with E-state index >= 15 is 0 Å². The molecule has 0 N–H and O–H groups in total. The molecule has 0 aromatic rings. The smallest absolute Gasteiger partial charge is 0.334 e. The Hall–Kier alpha value is -0.103. The number of rotatable bonds is 28. The second kappa shape index (κ2) is 24.2. The molecule has 2 heterocycles. The van der Waals surface area contributed by atoms with Gasteiger partial charge in [0.25, 0.3) is 0 Å². The van der Waals surface area contributed by atoms with Crippen LogP contribution in [0.25, 0.3) is 0 Å². The van der Waals surface area contributed by atoms with Gasteiger partial charge in [-0.3, -0.25) is 0 Å². The number of hydrogen-bond acceptors (Lipinski definition) is 8. The SMILES string of the molecule is CCCCCCCCC(OCC)C(C)(CCCOCC1CO1)OCC.CCO[Si](C)(CCCOCC1CO1)OCC. The van der Waals surface area contributed by atoms with Gasteiger partial charge in [0, 0.05) is 39.6 Å². The van der Waals surface area contributed by atoms with Crippen LogP contribution in [0.4, 0.5) is 0 Å². The summed E-state index contributed by atoms with van der Waals surface area (Å²) >= 11 is 0. The van der Waals surface area contributed by atoms with Crippen LogP contribution in [-0.4, -0.2) is 98.5 Å². The average molecular weight is 607 g/mol. The zero-order valence-corrected chi connectivity index (χ0v) is 28.8. The molecule has 9 heteroatoms. The highest BCUT2D eigenvalue weighted by atomic mass is 28.4. The third kappa shape index (κ3) is 20.5. The maximum Gasteiger partial charge on any atom is 0.334 e. The van der Waals surface area contributed by atoms with E-state index in [9.17, 15) is 0 Å². The molecule has 2 fully saturated rings. The van der Waals surface area contributed by atoms with E-state index in [4.69, 9.17) is 37.3 Å². The van der Waals surface area contributed by atoms with E-state index in [0.29, 0.717) is 12.2 Å². The lowest BCUT2D eigenvalue weighted by molar-refractivity contribution is -0.141. The Morgan fingerprint density at radius 3 is 1.80 bits per heavy atom. The molecule has 4 atom stereocenters. The van der Waals surface area contributed by atoms with Crippen LogP contribution in [0.5, 0.6) is 0 Å². The number of epoxide rings is 2. The molecule has 2 saturated heterocycles.